The molecule has 0 spiro atoms. The van der Waals surface area contributed by atoms with Crippen molar-refractivity contribution in [3.63, 3.8) is 0 Å². The lowest BCUT2D eigenvalue weighted by Gasteiger charge is -2.32. The van der Waals surface area contributed by atoms with Gasteiger partial charge in [0.05, 0.1) is 19.3 Å². The zero-order valence-corrected chi connectivity index (χ0v) is 25.2. The molecule has 1 saturated carbocycles. The number of esters is 1. The SMILES string of the molecule is C/C=C(\C)[C@@H](C(=O)OC)N(CO)C(=O)c1cc(C2CC2)c(OCC2CCN(Cc3c(Cl)cccc3Cl)CC2)cc1F. The number of hydrogen-bond acceptors (Lipinski definition) is 6. The number of rotatable bonds is 11. The number of amides is 1. The molecule has 0 aromatic heterocycles. The molecular weight excluding hydrogens is 570 g/mol. The van der Waals surface area contributed by atoms with Gasteiger partial charge in [0.2, 0.25) is 0 Å². The van der Waals surface area contributed by atoms with E-state index in [2.05, 4.69) is 4.90 Å². The second kappa shape index (κ2) is 14.0. The molecule has 7 nitrogen and oxygen atoms in total. The second-order valence-corrected chi connectivity index (χ2v) is 11.6. The van der Waals surface area contributed by atoms with Gasteiger partial charge in [-0.15, -0.1) is 0 Å². The number of hydrogen-bond donors (Lipinski definition) is 1. The lowest BCUT2D eigenvalue weighted by Crippen LogP contribution is -2.47. The number of carbonyl (C=O) groups is 2. The average Bonchev–Trinajstić information content (AvgIpc) is 3.82. The first-order chi connectivity index (χ1) is 19.7. The van der Waals surface area contributed by atoms with Gasteiger partial charge >= 0.3 is 5.97 Å². The third-order valence-electron chi connectivity index (χ3n) is 8.01. The minimum absolute atomic E-state index is 0.177. The van der Waals surface area contributed by atoms with E-state index in [0.717, 1.165) is 54.8 Å². The van der Waals surface area contributed by atoms with E-state index in [0.29, 0.717) is 40.4 Å². The Morgan fingerprint density at radius 2 is 1.83 bits per heavy atom. The highest BCUT2D eigenvalue weighted by Crippen LogP contribution is 2.45. The summed E-state index contributed by atoms with van der Waals surface area (Å²) in [5.74, 6) is -1.35. The molecule has 0 bridgehead atoms. The molecular formula is C31H37Cl2FN2O5. The predicted molar refractivity (Wildman–Crippen MR) is 157 cm³/mol. The third kappa shape index (κ3) is 7.41. The van der Waals surface area contributed by atoms with Gasteiger partial charge in [0.1, 0.15) is 18.3 Å². The van der Waals surface area contributed by atoms with E-state index in [-0.39, 0.29) is 11.5 Å². The first-order valence-electron chi connectivity index (χ1n) is 13.9. The van der Waals surface area contributed by atoms with Crippen LogP contribution in [0.2, 0.25) is 10.0 Å². The summed E-state index contributed by atoms with van der Waals surface area (Å²) in [5.41, 5.74) is 2.00. The summed E-state index contributed by atoms with van der Waals surface area (Å²) in [6.45, 7) is 5.46. The van der Waals surface area contributed by atoms with E-state index >= 15 is 4.39 Å². The molecule has 1 heterocycles. The fraction of sp³-hybridized carbons (Fsp3) is 0.484. The van der Waals surface area contributed by atoms with Gasteiger partial charge in [0.15, 0.2) is 6.04 Å². The van der Waals surface area contributed by atoms with E-state index in [4.69, 9.17) is 32.7 Å². The van der Waals surface area contributed by atoms with E-state index in [1.807, 2.05) is 18.2 Å². The summed E-state index contributed by atoms with van der Waals surface area (Å²) in [6.07, 6.45) is 5.33. The molecule has 0 radical (unpaired) electrons. The Hall–Kier alpha value is -2.65. The number of methoxy groups -OCH3 is 1. The highest BCUT2D eigenvalue weighted by Gasteiger charge is 2.35. The number of carbonyl (C=O) groups excluding carboxylic acids is 2. The Balaban J connectivity index is 1.44. The van der Waals surface area contributed by atoms with Crippen LogP contribution in [0.15, 0.2) is 42.0 Å². The van der Waals surface area contributed by atoms with Crippen molar-refractivity contribution in [1.29, 1.82) is 0 Å². The average molecular weight is 608 g/mol. The number of aliphatic hydroxyl groups excluding tert-OH is 1. The Kier molecular flexibility index (Phi) is 10.7. The van der Waals surface area contributed by atoms with Crippen LogP contribution in [0.5, 0.6) is 5.75 Å². The third-order valence-corrected chi connectivity index (χ3v) is 8.72. The Morgan fingerprint density at radius 1 is 1.17 bits per heavy atom. The van der Waals surface area contributed by atoms with Crippen molar-refractivity contribution in [3.05, 3.63) is 74.5 Å². The van der Waals surface area contributed by atoms with Crippen molar-refractivity contribution >= 4 is 35.1 Å². The highest BCUT2D eigenvalue weighted by atomic mass is 35.5. The summed E-state index contributed by atoms with van der Waals surface area (Å²) in [4.78, 5) is 29.1. The predicted octanol–water partition coefficient (Wildman–Crippen LogP) is 6.20. The van der Waals surface area contributed by atoms with Gasteiger partial charge in [0, 0.05) is 28.2 Å². The normalized spacial score (nSPS) is 17.3. The van der Waals surface area contributed by atoms with Crippen molar-refractivity contribution in [3.8, 4) is 5.75 Å². The fourth-order valence-electron chi connectivity index (χ4n) is 5.25. The second-order valence-electron chi connectivity index (χ2n) is 10.7. The van der Waals surface area contributed by atoms with Gasteiger partial charge in [-0.1, -0.05) is 35.3 Å². The fourth-order valence-corrected chi connectivity index (χ4v) is 5.76. The zero-order valence-electron chi connectivity index (χ0n) is 23.7. The molecule has 2 fully saturated rings. The maximum atomic E-state index is 15.4. The number of likely N-dealkylation sites (tertiary alicyclic amines) is 1. The van der Waals surface area contributed by atoms with E-state index in [1.165, 1.54) is 19.2 Å². The van der Waals surface area contributed by atoms with E-state index < -0.39 is 30.5 Å². The number of ether oxygens (including phenoxy) is 2. The number of allylic oxidation sites excluding steroid dienone is 1. The maximum absolute atomic E-state index is 15.4. The van der Waals surface area contributed by atoms with Gasteiger partial charge in [-0.25, -0.2) is 9.18 Å². The Bertz CT molecular complexity index is 1270. The number of benzene rings is 2. The maximum Gasteiger partial charge on any atom is 0.333 e. The van der Waals surface area contributed by atoms with E-state index in [1.54, 1.807) is 19.9 Å². The van der Waals surface area contributed by atoms with Crippen LogP contribution in [0.4, 0.5) is 4.39 Å². The van der Waals surface area contributed by atoms with Gasteiger partial charge in [-0.2, -0.15) is 0 Å². The van der Waals surface area contributed by atoms with Gasteiger partial charge in [-0.3, -0.25) is 14.6 Å². The van der Waals surface area contributed by atoms with Crippen LogP contribution in [-0.2, 0) is 16.1 Å². The van der Waals surface area contributed by atoms with Crippen LogP contribution in [0.3, 0.4) is 0 Å². The molecule has 1 aliphatic carbocycles. The molecule has 1 aliphatic heterocycles. The van der Waals surface area contributed by atoms with Gasteiger partial charge in [-0.05, 0) is 93.8 Å². The molecule has 2 aromatic rings. The van der Waals surface area contributed by atoms with Crippen LogP contribution in [0, 0.1) is 11.7 Å². The lowest BCUT2D eigenvalue weighted by molar-refractivity contribution is -0.145. The zero-order chi connectivity index (χ0) is 29.7. The number of aliphatic hydroxyl groups is 1. The largest absolute Gasteiger partial charge is 0.493 e. The van der Waals surface area contributed by atoms with Crippen LogP contribution < -0.4 is 4.74 Å². The molecule has 1 saturated heterocycles. The quantitative estimate of drug-likeness (QED) is 0.186. The van der Waals surface area contributed by atoms with Crippen LogP contribution >= 0.6 is 23.2 Å². The molecule has 10 heteroatoms. The van der Waals surface area contributed by atoms with Crippen molar-refractivity contribution < 1.29 is 28.6 Å². The molecule has 222 valence electrons. The van der Waals surface area contributed by atoms with Crippen molar-refractivity contribution in [2.75, 3.05) is 33.5 Å². The first-order valence-corrected chi connectivity index (χ1v) is 14.7. The summed E-state index contributed by atoms with van der Waals surface area (Å²) in [7, 11) is 1.20. The molecule has 0 unspecified atom stereocenters. The minimum Gasteiger partial charge on any atom is -0.493 e. The van der Waals surface area contributed by atoms with Gasteiger partial charge < -0.3 is 14.6 Å². The summed E-state index contributed by atoms with van der Waals surface area (Å²) in [6, 6.07) is 7.15. The number of nitrogens with zero attached hydrogens (tertiary/aromatic N) is 2. The molecule has 1 amide bonds. The lowest BCUT2D eigenvalue weighted by atomic mass is 9.97. The van der Waals surface area contributed by atoms with Crippen molar-refractivity contribution in [1.82, 2.24) is 9.80 Å². The van der Waals surface area contributed by atoms with Gasteiger partial charge in [0.25, 0.3) is 5.91 Å². The van der Waals surface area contributed by atoms with Crippen molar-refractivity contribution in [2.24, 2.45) is 5.92 Å². The molecule has 2 aliphatic rings. The van der Waals surface area contributed by atoms with Crippen LogP contribution in [-0.4, -0.2) is 66.4 Å². The minimum atomic E-state index is -1.16. The Morgan fingerprint density at radius 3 is 2.39 bits per heavy atom. The van der Waals surface area contributed by atoms with Crippen LogP contribution in [0.1, 0.15) is 66.9 Å². The molecule has 1 N–H and O–H groups in total. The molecule has 41 heavy (non-hydrogen) atoms. The molecule has 2 aromatic carbocycles. The smallest absolute Gasteiger partial charge is 0.333 e. The number of piperidine rings is 1. The van der Waals surface area contributed by atoms with E-state index in [9.17, 15) is 14.7 Å². The first kappa shape index (κ1) is 31.3. The summed E-state index contributed by atoms with van der Waals surface area (Å²) < 4.78 is 26.4. The molecule has 1 atom stereocenters. The van der Waals surface area contributed by atoms with Crippen LogP contribution in [0.25, 0.3) is 0 Å². The Labute approximate surface area is 250 Å². The highest BCUT2D eigenvalue weighted by molar-refractivity contribution is 6.35. The van der Waals surface area contributed by atoms with Crippen molar-refractivity contribution in [2.45, 2.75) is 58.0 Å². The number of halogens is 3. The monoisotopic (exact) mass is 606 g/mol. The molecule has 4 rings (SSSR count). The summed E-state index contributed by atoms with van der Waals surface area (Å²) >= 11 is 12.7. The topological polar surface area (TPSA) is 79.3 Å². The summed E-state index contributed by atoms with van der Waals surface area (Å²) in [5, 5.41) is 11.3. The standard InChI is InChI=1S/C31H37Cl2FN2O5/c1-4-19(2)29(31(39)40-3)36(18-37)30(38)23-14-22(21-8-9-21)28(15-27(23)34)41-17-20-10-12-35(13-11-20)16-24-25(32)6-5-7-26(24)33/h4-7,14-15,20-21,29,37H,8-13,16-18H2,1-3H3/b19-4+/t29-/m0/s1.